The van der Waals surface area contributed by atoms with Crippen LogP contribution in [0, 0.1) is 13.8 Å². The average Bonchev–Trinajstić information content (AvgIpc) is 3.12. The molecule has 7 heteroatoms. The number of halogens is 1. The summed E-state index contributed by atoms with van der Waals surface area (Å²) >= 11 is 8.92. The van der Waals surface area contributed by atoms with Crippen molar-refractivity contribution in [1.82, 2.24) is 9.97 Å². The smallest absolute Gasteiger partial charge is 0.176 e. The third kappa shape index (κ3) is 4.20. The maximum Gasteiger partial charge on any atom is 0.176 e. The highest BCUT2D eigenvalue weighted by Crippen LogP contribution is 2.30. The fourth-order valence-corrected chi connectivity index (χ4v) is 4.07. The molecule has 3 rings (SSSR count). The number of hydrogen-bond donors (Lipinski definition) is 0. The number of rotatable bonds is 6. The topological polar surface area (TPSA) is 52.1 Å². The van der Waals surface area contributed by atoms with Crippen LogP contribution >= 0.6 is 34.3 Å². The van der Waals surface area contributed by atoms with Crippen LogP contribution in [0.5, 0.6) is 5.75 Å². The second-order valence-electron chi connectivity index (χ2n) is 5.23. The van der Waals surface area contributed by atoms with Crippen LogP contribution in [0.3, 0.4) is 0 Å². The van der Waals surface area contributed by atoms with Crippen molar-refractivity contribution >= 4 is 40.1 Å². The molecule has 0 saturated carbocycles. The first-order valence-electron chi connectivity index (χ1n) is 7.30. The quantitative estimate of drug-likeness (QED) is 0.622. The molecule has 3 aromatic rings. The van der Waals surface area contributed by atoms with Crippen molar-refractivity contribution in [2.24, 2.45) is 0 Å². The summed E-state index contributed by atoms with van der Waals surface area (Å²) in [5, 5.41) is 4.42. The van der Waals surface area contributed by atoms with Gasteiger partial charge in [-0.2, -0.15) is 0 Å². The number of thiazole rings is 2. The molecule has 124 valence electrons. The SMILES string of the molecule is Cc1nc(C)c(-c2csc(CC(=O)COc3ccc(Cl)cc3)n2)s1. The molecule has 0 atom stereocenters. The number of carbonyl (C=O) groups is 1. The molecule has 0 spiro atoms. The first-order valence-corrected chi connectivity index (χ1v) is 9.37. The summed E-state index contributed by atoms with van der Waals surface area (Å²) < 4.78 is 5.47. The van der Waals surface area contributed by atoms with Crippen LogP contribution in [0.4, 0.5) is 0 Å². The van der Waals surface area contributed by atoms with Crippen molar-refractivity contribution < 1.29 is 9.53 Å². The van der Waals surface area contributed by atoms with E-state index in [2.05, 4.69) is 9.97 Å². The third-order valence-corrected chi connectivity index (χ3v) is 5.45. The minimum atomic E-state index is -0.0111. The zero-order valence-electron chi connectivity index (χ0n) is 13.2. The Kier molecular flexibility index (Phi) is 5.28. The highest BCUT2D eigenvalue weighted by molar-refractivity contribution is 7.16. The summed E-state index contributed by atoms with van der Waals surface area (Å²) in [6.45, 7) is 3.98. The van der Waals surface area contributed by atoms with E-state index in [0.29, 0.717) is 10.8 Å². The lowest BCUT2D eigenvalue weighted by atomic mass is 10.3. The second kappa shape index (κ2) is 7.42. The Labute approximate surface area is 153 Å². The van der Waals surface area contributed by atoms with E-state index in [1.807, 2.05) is 19.2 Å². The zero-order valence-corrected chi connectivity index (χ0v) is 15.6. The van der Waals surface area contributed by atoms with E-state index in [4.69, 9.17) is 16.3 Å². The monoisotopic (exact) mass is 378 g/mol. The first-order chi connectivity index (χ1) is 11.5. The van der Waals surface area contributed by atoms with E-state index in [0.717, 1.165) is 26.3 Å². The van der Waals surface area contributed by atoms with Crippen molar-refractivity contribution in [1.29, 1.82) is 0 Å². The van der Waals surface area contributed by atoms with E-state index in [1.165, 1.54) is 11.3 Å². The molecule has 2 aromatic heterocycles. The standard InChI is InChI=1S/C17H15ClN2O2S2/c1-10-17(24-11(2)19-10)15-9-23-16(20-15)7-13(21)8-22-14-5-3-12(18)4-6-14/h3-6,9H,7-8H2,1-2H3. The lowest BCUT2D eigenvalue weighted by Gasteiger charge is -2.04. The van der Waals surface area contributed by atoms with E-state index < -0.39 is 0 Å². The third-order valence-electron chi connectivity index (χ3n) is 3.25. The maximum atomic E-state index is 12.1. The number of ether oxygens (including phenoxy) is 1. The molecule has 0 radical (unpaired) electrons. The van der Waals surface area contributed by atoms with E-state index >= 15 is 0 Å². The molecule has 0 amide bonds. The van der Waals surface area contributed by atoms with Gasteiger partial charge < -0.3 is 4.74 Å². The Bertz CT molecular complexity index is 856. The van der Waals surface area contributed by atoms with Crippen LogP contribution in [0.25, 0.3) is 10.6 Å². The molecule has 2 heterocycles. The van der Waals surface area contributed by atoms with Crippen molar-refractivity contribution in [3.8, 4) is 16.3 Å². The van der Waals surface area contributed by atoms with Crippen molar-refractivity contribution in [2.75, 3.05) is 6.61 Å². The van der Waals surface area contributed by atoms with Crippen LogP contribution < -0.4 is 4.74 Å². The van der Waals surface area contributed by atoms with Crippen LogP contribution in [0.1, 0.15) is 15.7 Å². The fourth-order valence-electron chi connectivity index (χ4n) is 2.18. The van der Waals surface area contributed by atoms with Crippen molar-refractivity contribution in [3.05, 3.63) is 50.4 Å². The summed E-state index contributed by atoms with van der Waals surface area (Å²) in [5.41, 5.74) is 1.87. The van der Waals surface area contributed by atoms with Crippen LogP contribution in [-0.2, 0) is 11.2 Å². The largest absolute Gasteiger partial charge is 0.486 e. The number of carbonyl (C=O) groups excluding carboxylic acids is 1. The van der Waals surface area contributed by atoms with Gasteiger partial charge in [-0.05, 0) is 38.1 Å². The van der Waals surface area contributed by atoms with E-state index in [-0.39, 0.29) is 18.8 Å². The Hall–Kier alpha value is -1.76. The predicted octanol–water partition coefficient (Wildman–Crippen LogP) is 4.73. The number of Topliss-reactive ketones (excluding diaryl/α,β-unsaturated/α-hetero) is 1. The van der Waals surface area contributed by atoms with Gasteiger partial charge in [0.2, 0.25) is 0 Å². The molecule has 4 nitrogen and oxygen atoms in total. The minimum absolute atomic E-state index is 0.0111. The van der Waals surface area contributed by atoms with Gasteiger partial charge in [0.1, 0.15) is 17.4 Å². The summed E-state index contributed by atoms with van der Waals surface area (Å²) in [5.74, 6) is 0.617. The Morgan fingerprint density at radius 2 is 1.96 bits per heavy atom. The van der Waals surface area contributed by atoms with Gasteiger partial charge in [-0.3, -0.25) is 4.79 Å². The Balaban J connectivity index is 1.59. The zero-order chi connectivity index (χ0) is 17.1. The number of nitrogens with zero attached hydrogens (tertiary/aromatic N) is 2. The number of aryl methyl sites for hydroxylation is 2. The summed E-state index contributed by atoms with van der Waals surface area (Å²) in [6.07, 6.45) is 0.273. The van der Waals surface area contributed by atoms with Crippen LogP contribution in [-0.4, -0.2) is 22.4 Å². The maximum absolute atomic E-state index is 12.1. The Morgan fingerprint density at radius 1 is 1.21 bits per heavy atom. The normalized spacial score (nSPS) is 10.8. The summed E-state index contributed by atoms with van der Waals surface area (Å²) in [6, 6.07) is 6.94. The molecule has 0 aliphatic carbocycles. The number of hydrogen-bond acceptors (Lipinski definition) is 6. The van der Waals surface area contributed by atoms with Gasteiger partial charge in [-0.25, -0.2) is 9.97 Å². The van der Waals surface area contributed by atoms with Gasteiger partial charge in [0.15, 0.2) is 5.78 Å². The molecule has 0 saturated heterocycles. The highest BCUT2D eigenvalue weighted by Gasteiger charge is 2.13. The number of benzene rings is 1. The number of aromatic nitrogens is 2. The molecular formula is C17H15ClN2O2S2. The predicted molar refractivity (Wildman–Crippen MR) is 98.4 cm³/mol. The molecule has 0 N–H and O–H groups in total. The van der Waals surface area contributed by atoms with Gasteiger partial charge in [0, 0.05) is 10.4 Å². The summed E-state index contributed by atoms with van der Waals surface area (Å²) in [4.78, 5) is 22.1. The van der Waals surface area contributed by atoms with Crippen molar-refractivity contribution in [3.63, 3.8) is 0 Å². The van der Waals surface area contributed by atoms with Gasteiger partial charge in [-0.15, -0.1) is 22.7 Å². The molecule has 0 unspecified atom stereocenters. The molecule has 0 fully saturated rings. The minimum Gasteiger partial charge on any atom is -0.486 e. The second-order valence-corrected chi connectivity index (χ2v) is 7.81. The average molecular weight is 379 g/mol. The molecule has 0 aliphatic rings. The lowest BCUT2D eigenvalue weighted by Crippen LogP contribution is -2.13. The first kappa shape index (κ1) is 17.1. The van der Waals surface area contributed by atoms with E-state index in [1.54, 1.807) is 35.6 Å². The van der Waals surface area contributed by atoms with Crippen molar-refractivity contribution in [2.45, 2.75) is 20.3 Å². The van der Waals surface area contributed by atoms with Gasteiger partial charge in [0.05, 0.1) is 27.7 Å². The van der Waals surface area contributed by atoms with E-state index in [9.17, 15) is 4.79 Å². The number of ketones is 1. The molecular weight excluding hydrogens is 364 g/mol. The molecule has 1 aromatic carbocycles. The van der Waals surface area contributed by atoms with Crippen LogP contribution in [0.15, 0.2) is 29.6 Å². The van der Waals surface area contributed by atoms with Gasteiger partial charge in [0.25, 0.3) is 0 Å². The molecule has 24 heavy (non-hydrogen) atoms. The van der Waals surface area contributed by atoms with Gasteiger partial charge in [-0.1, -0.05) is 11.6 Å². The molecule has 0 bridgehead atoms. The fraction of sp³-hybridized carbons (Fsp3) is 0.235. The molecule has 0 aliphatic heterocycles. The lowest BCUT2D eigenvalue weighted by molar-refractivity contribution is -0.120. The summed E-state index contributed by atoms with van der Waals surface area (Å²) in [7, 11) is 0. The Morgan fingerprint density at radius 3 is 2.62 bits per heavy atom. The van der Waals surface area contributed by atoms with Gasteiger partial charge >= 0.3 is 0 Å². The highest BCUT2D eigenvalue weighted by atomic mass is 35.5. The van der Waals surface area contributed by atoms with Crippen LogP contribution in [0.2, 0.25) is 5.02 Å².